The van der Waals surface area contributed by atoms with Crippen LogP contribution in [0.25, 0.3) is 0 Å². The van der Waals surface area contributed by atoms with Crippen LogP contribution in [0.15, 0.2) is 0 Å². The van der Waals surface area contributed by atoms with E-state index in [0.717, 1.165) is 17.3 Å². The second-order valence-electron chi connectivity index (χ2n) is 6.16. The minimum atomic E-state index is 0.487. The van der Waals surface area contributed by atoms with Crippen molar-refractivity contribution in [3.63, 3.8) is 0 Å². The molecule has 0 aromatic rings. The molecule has 3 heterocycles. The number of piperidine rings is 2. The van der Waals surface area contributed by atoms with Crippen LogP contribution in [-0.4, -0.2) is 40.6 Å². The molecule has 2 nitrogen and oxygen atoms in total. The van der Waals surface area contributed by atoms with Crippen molar-refractivity contribution in [3.05, 3.63) is 0 Å². The highest BCUT2D eigenvalue weighted by atomic mass is 32.2. The second-order valence-corrected chi connectivity index (χ2v) is 7.56. The van der Waals surface area contributed by atoms with Crippen molar-refractivity contribution < 1.29 is 0 Å². The van der Waals surface area contributed by atoms with Gasteiger partial charge < -0.3 is 5.73 Å². The van der Waals surface area contributed by atoms with Gasteiger partial charge in [0.25, 0.3) is 0 Å². The lowest BCUT2D eigenvalue weighted by Crippen LogP contribution is -2.56. The molecule has 17 heavy (non-hydrogen) atoms. The molecule has 2 bridgehead atoms. The topological polar surface area (TPSA) is 29.3 Å². The fourth-order valence-electron chi connectivity index (χ4n) is 4.01. The van der Waals surface area contributed by atoms with Crippen LogP contribution in [0.1, 0.15) is 51.4 Å². The van der Waals surface area contributed by atoms with Crippen LogP contribution in [0.2, 0.25) is 0 Å². The largest absolute Gasteiger partial charge is 0.328 e. The quantitative estimate of drug-likeness (QED) is 0.821. The third kappa shape index (κ3) is 2.82. The first-order valence-electron chi connectivity index (χ1n) is 7.46. The number of nitrogens with two attached hydrogens (primary N) is 1. The molecule has 3 aliphatic rings. The molecule has 3 atom stereocenters. The van der Waals surface area contributed by atoms with Gasteiger partial charge in [-0.25, -0.2) is 0 Å². The Hall–Kier alpha value is 0.270. The standard InChI is InChI=1S/C14H26N2S/c15-11-8-12-4-3-5-13(9-11)16(12)10-14-6-1-2-7-17-14/h11-14H,1-10,15H2. The number of rotatable bonds is 2. The SMILES string of the molecule is NC1CC2CCCC(C1)N2CC1CCCCS1. The van der Waals surface area contributed by atoms with Crippen LogP contribution in [0.5, 0.6) is 0 Å². The number of hydrogen-bond acceptors (Lipinski definition) is 3. The Morgan fingerprint density at radius 1 is 1.00 bits per heavy atom. The summed E-state index contributed by atoms with van der Waals surface area (Å²) in [4.78, 5) is 2.84. The molecular formula is C14H26N2S. The number of thioether (sulfide) groups is 1. The van der Waals surface area contributed by atoms with Crippen molar-refractivity contribution >= 4 is 11.8 Å². The van der Waals surface area contributed by atoms with E-state index in [-0.39, 0.29) is 0 Å². The Balaban J connectivity index is 1.61. The number of nitrogens with zero attached hydrogens (tertiary/aromatic N) is 1. The van der Waals surface area contributed by atoms with E-state index in [4.69, 9.17) is 5.73 Å². The highest BCUT2D eigenvalue weighted by Gasteiger charge is 2.37. The molecule has 0 radical (unpaired) electrons. The van der Waals surface area contributed by atoms with E-state index in [0.29, 0.717) is 6.04 Å². The molecule has 0 aromatic heterocycles. The maximum atomic E-state index is 6.19. The average Bonchev–Trinajstić information content (AvgIpc) is 2.32. The van der Waals surface area contributed by atoms with Gasteiger partial charge in [-0.15, -0.1) is 0 Å². The summed E-state index contributed by atoms with van der Waals surface area (Å²) in [5.41, 5.74) is 6.19. The van der Waals surface area contributed by atoms with Gasteiger partial charge in [0, 0.05) is 29.9 Å². The maximum absolute atomic E-state index is 6.19. The molecule has 3 saturated heterocycles. The van der Waals surface area contributed by atoms with Crippen LogP contribution in [0.3, 0.4) is 0 Å². The molecule has 0 aromatic carbocycles. The van der Waals surface area contributed by atoms with Crippen LogP contribution in [0.4, 0.5) is 0 Å². The Bertz CT molecular complexity index is 239. The van der Waals surface area contributed by atoms with Gasteiger partial charge in [0.2, 0.25) is 0 Å². The summed E-state index contributed by atoms with van der Waals surface area (Å²) in [6, 6.07) is 2.13. The molecular weight excluding hydrogens is 228 g/mol. The van der Waals surface area contributed by atoms with Gasteiger partial charge in [-0.3, -0.25) is 4.90 Å². The van der Waals surface area contributed by atoms with Crippen molar-refractivity contribution in [2.45, 2.75) is 74.7 Å². The minimum absolute atomic E-state index is 0.487. The highest BCUT2D eigenvalue weighted by molar-refractivity contribution is 7.99. The van der Waals surface area contributed by atoms with Crippen molar-refractivity contribution in [1.29, 1.82) is 0 Å². The van der Waals surface area contributed by atoms with E-state index >= 15 is 0 Å². The molecule has 3 fully saturated rings. The summed E-state index contributed by atoms with van der Waals surface area (Å²) >= 11 is 2.22. The van der Waals surface area contributed by atoms with Crippen LogP contribution in [0, 0.1) is 0 Å². The number of hydrogen-bond donors (Lipinski definition) is 1. The molecule has 0 amide bonds. The first-order chi connectivity index (χ1) is 8.33. The van der Waals surface area contributed by atoms with E-state index in [1.807, 2.05) is 0 Å². The van der Waals surface area contributed by atoms with Gasteiger partial charge in [0.15, 0.2) is 0 Å². The van der Waals surface area contributed by atoms with Gasteiger partial charge >= 0.3 is 0 Å². The molecule has 98 valence electrons. The van der Waals surface area contributed by atoms with Crippen molar-refractivity contribution in [1.82, 2.24) is 4.90 Å². The fourth-order valence-corrected chi connectivity index (χ4v) is 5.32. The van der Waals surface area contributed by atoms with E-state index < -0.39 is 0 Å². The fraction of sp³-hybridized carbons (Fsp3) is 1.00. The Kier molecular flexibility index (Phi) is 3.98. The van der Waals surface area contributed by atoms with E-state index in [1.54, 1.807) is 0 Å². The predicted molar refractivity (Wildman–Crippen MR) is 75.4 cm³/mol. The zero-order chi connectivity index (χ0) is 11.7. The Labute approximate surface area is 110 Å². The van der Waals surface area contributed by atoms with Crippen LogP contribution < -0.4 is 5.73 Å². The molecule has 3 heteroatoms. The zero-order valence-electron chi connectivity index (χ0n) is 10.8. The lowest BCUT2D eigenvalue weighted by atomic mass is 9.82. The van der Waals surface area contributed by atoms with Crippen molar-refractivity contribution in [2.75, 3.05) is 12.3 Å². The second kappa shape index (κ2) is 5.50. The summed E-state index contributed by atoms with van der Waals surface area (Å²) in [5, 5.41) is 0.918. The van der Waals surface area contributed by atoms with Crippen LogP contribution >= 0.6 is 11.8 Å². The molecule has 3 unspecified atom stereocenters. The normalized spacial score (nSPS) is 43.6. The molecule has 3 rings (SSSR count). The third-order valence-electron chi connectivity index (χ3n) is 4.85. The lowest BCUT2D eigenvalue weighted by Gasteiger charge is -2.49. The molecule has 0 saturated carbocycles. The monoisotopic (exact) mass is 254 g/mol. The maximum Gasteiger partial charge on any atom is 0.0175 e. The van der Waals surface area contributed by atoms with Gasteiger partial charge in [-0.1, -0.05) is 12.8 Å². The van der Waals surface area contributed by atoms with Gasteiger partial charge in [0.1, 0.15) is 0 Å². The zero-order valence-corrected chi connectivity index (χ0v) is 11.6. The lowest BCUT2D eigenvalue weighted by molar-refractivity contribution is 0.0314. The smallest absolute Gasteiger partial charge is 0.0175 e. The summed E-state index contributed by atoms with van der Waals surface area (Å²) in [6.07, 6.45) is 11.1. The van der Waals surface area contributed by atoms with Gasteiger partial charge in [-0.2, -0.15) is 11.8 Å². The first-order valence-corrected chi connectivity index (χ1v) is 8.51. The van der Waals surface area contributed by atoms with Gasteiger partial charge in [0.05, 0.1) is 0 Å². The molecule has 3 aliphatic heterocycles. The molecule has 0 aliphatic carbocycles. The van der Waals surface area contributed by atoms with Crippen molar-refractivity contribution in [2.24, 2.45) is 5.73 Å². The van der Waals surface area contributed by atoms with E-state index in [2.05, 4.69) is 16.7 Å². The molecule has 0 spiro atoms. The predicted octanol–water partition coefficient (Wildman–Crippen LogP) is 2.62. The van der Waals surface area contributed by atoms with Crippen LogP contribution in [-0.2, 0) is 0 Å². The summed E-state index contributed by atoms with van der Waals surface area (Å²) in [5.74, 6) is 1.40. The van der Waals surface area contributed by atoms with E-state index in [1.165, 1.54) is 63.7 Å². The number of fused-ring (bicyclic) bond motifs is 2. The van der Waals surface area contributed by atoms with Gasteiger partial charge in [-0.05, 0) is 44.3 Å². The Morgan fingerprint density at radius 2 is 1.76 bits per heavy atom. The molecule has 2 N–H and O–H groups in total. The van der Waals surface area contributed by atoms with Crippen molar-refractivity contribution in [3.8, 4) is 0 Å². The first kappa shape index (κ1) is 12.3. The minimum Gasteiger partial charge on any atom is -0.328 e. The van der Waals surface area contributed by atoms with E-state index in [9.17, 15) is 0 Å². The summed E-state index contributed by atoms with van der Waals surface area (Å²) in [7, 11) is 0. The highest BCUT2D eigenvalue weighted by Crippen LogP contribution is 2.36. The average molecular weight is 254 g/mol. The third-order valence-corrected chi connectivity index (χ3v) is 6.23. The summed E-state index contributed by atoms with van der Waals surface area (Å²) in [6.45, 7) is 1.35. The Morgan fingerprint density at radius 3 is 2.41 bits per heavy atom. The summed E-state index contributed by atoms with van der Waals surface area (Å²) < 4.78 is 0.